The minimum Gasteiger partial charge on any atom is -0.154 e. The summed E-state index contributed by atoms with van der Waals surface area (Å²) in [5.41, 5.74) is 4.50. The van der Waals surface area contributed by atoms with Crippen molar-refractivity contribution in [3.63, 3.8) is 0 Å². The van der Waals surface area contributed by atoms with Crippen molar-refractivity contribution in [1.82, 2.24) is 0 Å². The van der Waals surface area contributed by atoms with Crippen LogP contribution in [0.3, 0.4) is 0 Å². The third-order valence-corrected chi connectivity index (χ3v) is 0. The summed E-state index contributed by atoms with van der Waals surface area (Å²) in [7, 11) is 0. The molecule has 9 heavy (non-hydrogen) atoms. The normalized spacial score (nSPS) is 0.889. The van der Waals surface area contributed by atoms with Crippen molar-refractivity contribution in [3.05, 3.63) is 14.8 Å². The molecule has 0 amide bonds. The van der Waals surface area contributed by atoms with E-state index >= 15 is 0 Å². The molecule has 64 valence electrons. The standard InChI is InChI=1S/5CH4.HNO.O2/c;;;;;2*1-2/h5*1H4;1H;. The topological polar surface area (TPSA) is 75.1 Å². The molecule has 0 fully saturated rings. The molecule has 0 radical (unpaired) electrons. The van der Waals surface area contributed by atoms with E-state index in [2.05, 4.69) is 5.59 Å². The van der Waals surface area contributed by atoms with Crippen LogP contribution in [0.2, 0.25) is 0 Å². The summed E-state index contributed by atoms with van der Waals surface area (Å²) in [6, 6.07) is 0. The Kier molecular flexibility index (Phi) is 14200. The van der Waals surface area contributed by atoms with E-state index < -0.39 is 0 Å². The fraction of sp³-hybridized carbons (Fsp3) is 1.00. The van der Waals surface area contributed by atoms with Gasteiger partial charge in [-0.3, -0.25) is 0 Å². The molecule has 0 aliphatic carbocycles. The summed E-state index contributed by atoms with van der Waals surface area (Å²) >= 11 is 0. The zero-order valence-electron chi connectivity index (χ0n) is 1.72. The molecule has 0 aliphatic rings. The Morgan fingerprint density at radius 2 is 0.556 bits per heavy atom. The monoisotopic (exact) mass is 143 g/mol. The molecule has 0 aromatic rings. The molecule has 0 bridgehead atoms. The Morgan fingerprint density at radius 1 is 0.556 bits per heavy atom. The average molecular weight is 143 g/mol. The minimum atomic E-state index is 0. The Balaban J connectivity index is -0.00000000114. The van der Waals surface area contributed by atoms with Gasteiger partial charge in [-0.05, 0) is 0 Å². The summed E-state index contributed by atoms with van der Waals surface area (Å²) in [5.74, 6) is 0. The van der Waals surface area contributed by atoms with Gasteiger partial charge in [-0.15, -0.1) is 0 Å². The molecular formula is C5H21NO3. The lowest BCUT2D eigenvalue weighted by atomic mass is 12.0. The third kappa shape index (κ3) is 304. The maximum atomic E-state index is 7.50. The van der Waals surface area contributed by atoms with Crippen LogP contribution in [-0.4, -0.2) is 0 Å². The SMILES string of the molecule is C.C.C.C.C.N=O.O=O. The van der Waals surface area contributed by atoms with Crippen LogP contribution in [0.5, 0.6) is 0 Å². The summed E-state index contributed by atoms with van der Waals surface area (Å²) in [5, 5.41) is 0. The Bertz CT molecular complexity index is 14.2. The number of nitrogens with one attached hydrogen (secondary N) is 1. The molecule has 0 aromatic heterocycles. The van der Waals surface area contributed by atoms with Gasteiger partial charge in [0.05, 0.1) is 0 Å². The van der Waals surface area contributed by atoms with E-state index in [-0.39, 0.29) is 37.1 Å². The summed E-state index contributed by atoms with van der Waals surface area (Å²) in [6.07, 6.45) is 0. The maximum Gasteiger partial charge on any atom is 0 e. The molecular weight excluding hydrogens is 122 g/mol. The highest BCUT2D eigenvalue weighted by Crippen LogP contribution is 0.766. The van der Waals surface area contributed by atoms with Crippen molar-refractivity contribution >= 4 is 0 Å². The number of hydrogen-bond acceptors (Lipinski definition) is 4. The minimum absolute atomic E-state index is 0. The molecule has 4 heteroatoms. The molecule has 0 spiro atoms. The first-order valence-corrected chi connectivity index (χ1v) is 0.371. The summed E-state index contributed by atoms with van der Waals surface area (Å²) in [4.78, 5) is 21.5. The molecule has 0 aromatic carbocycles. The fourth-order valence-corrected chi connectivity index (χ4v) is 0. The summed E-state index contributed by atoms with van der Waals surface area (Å²) in [6.45, 7) is 0. The van der Waals surface area contributed by atoms with Crippen LogP contribution in [0, 0.1) is 20.4 Å². The first-order chi connectivity index (χ1) is 2.00. The van der Waals surface area contributed by atoms with Crippen LogP contribution in [-0.2, 0) is 0 Å². The lowest BCUT2D eigenvalue weighted by molar-refractivity contribution is 1.49. The van der Waals surface area contributed by atoms with Gasteiger partial charge in [-0.25, -0.2) is 0 Å². The smallest absolute Gasteiger partial charge is 0 e. The van der Waals surface area contributed by atoms with E-state index in [1.54, 1.807) is 0 Å². The van der Waals surface area contributed by atoms with Crippen LogP contribution >= 0.6 is 0 Å². The van der Waals surface area contributed by atoms with E-state index in [1.165, 1.54) is 0 Å². The molecule has 0 heterocycles. The van der Waals surface area contributed by atoms with Gasteiger partial charge in [-0.2, -0.15) is 4.91 Å². The van der Waals surface area contributed by atoms with Crippen LogP contribution < -0.4 is 0 Å². The first-order valence-electron chi connectivity index (χ1n) is 0.371. The molecule has 1 N–H and O–H groups in total. The van der Waals surface area contributed by atoms with Crippen LogP contribution in [0.15, 0.2) is 0 Å². The van der Waals surface area contributed by atoms with E-state index in [1.807, 2.05) is 0 Å². The van der Waals surface area contributed by atoms with Gasteiger partial charge in [0.15, 0.2) is 0 Å². The van der Waals surface area contributed by atoms with Gasteiger partial charge in [-0.1, -0.05) is 42.7 Å². The summed E-state index contributed by atoms with van der Waals surface area (Å²) < 4.78 is 0. The molecule has 0 unspecified atom stereocenters. The van der Waals surface area contributed by atoms with E-state index in [0.29, 0.717) is 0 Å². The molecule has 0 aliphatic heterocycles. The van der Waals surface area contributed by atoms with Crippen LogP contribution in [0.25, 0.3) is 0 Å². The number of nitroso groups, excluding NO2 is 1. The van der Waals surface area contributed by atoms with Gasteiger partial charge in [0, 0.05) is 9.93 Å². The lowest BCUT2D eigenvalue weighted by Gasteiger charge is -0.827. The highest BCUT2D eigenvalue weighted by Gasteiger charge is 0.707. The van der Waals surface area contributed by atoms with Crippen LogP contribution in [0.1, 0.15) is 37.1 Å². The molecule has 0 saturated carbocycles. The molecule has 4 nitrogen and oxygen atoms in total. The van der Waals surface area contributed by atoms with Crippen molar-refractivity contribution in [2.24, 2.45) is 0 Å². The zero-order valence-corrected chi connectivity index (χ0v) is 1.72. The molecule has 0 atom stereocenters. The van der Waals surface area contributed by atoms with Crippen molar-refractivity contribution in [2.45, 2.75) is 37.1 Å². The van der Waals surface area contributed by atoms with E-state index in [9.17, 15) is 0 Å². The molecule has 0 rings (SSSR count). The second-order valence-corrected chi connectivity index (χ2v) is 0. The second-order valence-electron chi connectivity index (χ2n) is 0. The van der Waals surface area contributed by atoms with E-state index in [4.69, 9.17) is 14.8 Å². The first kappa shape index (κ1) is 295. The quantitative estimate of drug-likeness (QED) is 0.526. The van der Waals surface area contributed by atoms with Gasteiger partial charge < -0.3 is 0 Å². The van der Waals surface area contributed by atoms with Gasteiger partial charge in [0.1, 0.15) is 0 Å². The zero-order chi connectivity index (χ0) is 4.00. The predicted octanol–water partition coefficient (Wildman–Crippen LogP) is 3.58. The van der Waals surface area contributed by atoms with Crippen molar-refractivity contribution < 1.29 is 0 Å². The van der Waals surface area contributed by atoms with Gasteiger partial charge >= 0.3 is 0 Å². The van der Waals surface area contributed by atoms with Crippen molar-refractivity contribution in [2.75, 3.05) is 0 Å². The average Bonchev–Trinajstić information content (AvgIpc) is 1.50. The third-order valence-electron chi connectivity index (χ3n) is 0. The van der Waals surface area contributed by atoms with Crippen molar-refractivity contribution in [3.8, 4) is 0 Å². The fourth-order valence-electron chi connectivity index (χ4n) is 0. The largest absolute Gasteiger partial charge is 0.154 e. The maximum absolute atomic E-state index is 7.50. The number of rotatable bonds is 0. The highest BCUT2D eigenvalue weighted by atomic mass is 16.7. The second kappa shape index (κ2) is 432. The predicted molar refractivity (Wildman–Crippen MR) is 46.5 cm³/mol. The Hall–Kier alpha value is -0.800. The van der Waals surface area contributed by atoms with Crippen LogP contribution in [0.4, 0.5) is 0 Å². The van der Waals surface area contributed by atoms with E-state index in [0.717, 1.165) is 0 Å². The van der Waals surface area contributed by atoms with Crippen molar-refractivity contribution in [1.29, 1.82) is 5.59 Å². The highest BCUT2D eigenvalue weighted by molar-refractivity contribution is 4.07. The lowest BCUT2D eigenvalue weighted by Crippen LogP contribution is -0.674. The van der Waals surface area contributed by atoms with Gasteiger partial charge in [0.25, 0.3) is 0 Å². The number of hydrogen-bond donors (Lipinski definition) is 1. The Morgan fingerprint density at radius 3 is 0.556 bits per heavy atom. The Labute approximate surface area is 58.7 Å². The molecule has 0 saturated heterocycles. The van der Waals surface area contributed by atoms with Gasteiger partial charge in [0.2, 0.25) is 0 Å².